The number of hydrogen-bond donors (Lipinski definition) is 2. The molecule has 0 aliphatic carbocycles. The van der Waals surface area contributed by atoms with Crippen molar-refractivity contribution in [1.29, 1.82) is 0 Å². The average molecular weight is 264 g/mol. The molecule has 100 valence electrons. The van der Waals surface area contributed by atoms with Crippen LogP contribution in [-0.4, -0.2) is 28.7 Å². The third kappa shape index (κ3) is 2.65. The van der Waals surface area contributed by atoms with Crippen molar-refractivity contribution in [3.05, 3.63) is 29.3 Å². The van der Waals surface area contributed by atoms with Gasteiger partial charge in [0, 0.05) is 0 Å². The number of carboxylic acid groups (broad SMARTS) is 1. The molecule has 0 atom stereocenters. The van der Waals surface area contributed by atoms with E-state index in [1.54, 1.807) is 19.9 Å². The van der Waals surface area contributed by atoms with Crippen LogP contribution in [0.2, 0.25) is 0 Å². The molecule has 0 aromatic carbocycles. The van der Waals surface area contributed by atoms with Gasteiger partial charge >= 0.3 is 5.97 Å². The Morgan fingerprint density at radius 1 is 1.37 bits per heavy atom. The van der Waals surface area contributed by atoms with Crippen LogP contribution in [0.4, 0.5) is 0 Å². The maximum absolute atomic E-state index is 11.6. The molecule has 7 nitrogen and oxygen atoms in total. The van der Waals surface area contributed by atoms with E-state index in [4.69, 9.17) is 14.0 Å². The minimum absolute atomic E-state index is 0.0382. The third-order valence-corrected chi connectivity index (χ3v) is 2.51. The highest BCUT2D eigenvalue weighted by Crippen LogP contribution is 2.28. The number of hydrogen-bond acceptors (Lipinski definition) is 5. The Labute approximate surface area is 108 Å². The molecule has 0 unspecified atom stereocenters. The lowest BCUT2D eigenvalue weighted by Crippen LogP contribution is -2.28. The second kappa shape index (κ2) is 4.97. The molecule has 0 aliphatic rings. The van der Waals surface area contributed by atoms with E-state index in [9.17, 15) is 9.59 Å². The monoisotopic (exact) mass is 264 g/mol. The standard InChI is InChI=1S/C12H12N2O5/c1-6-11(7(2)19-14-6)8-3-4-9(18-8)12(17)13-5-10(15)16/h3-4H,5H2,1-2H3,(H,13,17)(H,15,16). The van der Waals surface area contributed by atoms with Gasteiger partial charge in [0.25, 0.3) is 5.91 Å². The van der Waals surface area contributed by atoms with Crippen LogP contribution in [0.1, 0.15) is 22.0 Å². The molecule has 1 amide bonds. The minimum Gasteiger partial charge on any atom is -0.480 e. The van der Waals surface area contributed by atoms with Crippen LogP contribution in [-0.2, 0) is 4.79 Å². The Morgan fingerprint density at radius 2 is 2.11 bits per heavy atom. The van der Waals surface area contributed by atoms with Crippen LogP contribution in [0.25, 0.3) is 11.3 Å². The molecule has 7 heteroatoms. The van der Waals surface area contributed by atoms with Crippen molar-refractivity contribution in [2.24, 2.45) is 0 Å². The third-order valence-electron chi connectivity index (χ3n) is 2.51. The van der Waals surface area contributed by atoms with Gasteiger partial charge < -0.3 is 19.4 Å². The molecule has 0 bridgehead atoms. The number of nitrogens with zero attached hydrogens (tertiary/aromatic N) is 1. The van der Waals surface area contributed by atoms with E-state index < -0.39 is 18.4 Å². The molecule has 0 spiro atoms. The molecule has 0 saturated heterocycles. The molecule has 2 aromatic rings. The van der Waals surface area contributed by atoms with Gasteiger partial charge in [-0.15, -0.1) is 0 Å². The molecule has 0 saturated carbocycles. The smallest absolute Gasteiger partial charge is 0.322 e. The van der Waals surface area contributed by atoms with E-state index in [0.717, 1.165) is 0 Å². The Hall–Kier alpha value is -2.57. The van der Waals surface area contributed by atoms with E-state index in [-0.39, 0.29) is 5.76 Å². The van der Waals surface area contributed by atoms with Gasteiger partial charge in [-0.05, 0) is 26.0 Å². The molecule has 19 heavy (non-hydrogen) atoms. The predicted molar refractivity (Wildman–Crippen MR) is 63.6 cm³/mol. The maximum atomic E-state index is 11.6. The van der Waals surface area contributed by atoms with Crippen LogP contribution in [0.15, 0.2) is 21.1 Å². The number of carbonyl (C=O) groups is 2. The molecule has 0 fully saturated rings. The van der Waals surface area contributed by atoms with Gasteiger partial charge in [-0.1, -0.05) is 5.16 Å². The van der Waals surface area contributed by atoms with E-state index in [2.05, 4.69) is 10.5 Å². The normalized spacial score (nSPS) is 10.4. The lowest BCUT2D eigenvalue weighted by atomic mass is 10.1. The minimum atomic E-state index is -1.12. The zero-order valence-corrected chi connectivity index (χ0v) is 10.4. The summed E-state index contributed by atoms with van der Waals surface area (Å²) in [5.74, 6) is -0.622. The van der Waals surface area contributed by atoms with Crippen molar-refractivity contribution in [3.8, 4) is 11.3 Å². The SMILES string of the molecule is Cc1noc(C)c1-c1ccc(C(=O)NCC(=O)O)o1. The van der Waals surface area contributed by atoms with Gasteiger partial charge in [-0.3, -0.25) is 9.59 Å². The van der Waals surface area contributed by atoms with Crippen molar-refractivity contribution in [2.45, 2.75) is 13.8 Å². The Kier molecular flexibility index (Phi) is 3.37. The summed E-state index contributed by atoms with van der Waals surface area (Å²) in [6, 6.07) is 3.08. The van der Waals surface area contributed by atoms with Gasteiger partial charge in [-0.25, -0.2) is 0 Å². The highest BCUT2D eigenvalue weighted by atomic mass is 16.5. The lowest BCUT2D eigenvalue weighted by molar-refractivity contribution is -0.135. The first-order valence-electron chi connectivity index (χ1n) is 5.52. The molecule has 2 rings (SSSR count). The number of carbonyl (C=O) groups excluding carboxylic acids is 1. The first-order chi connectivity index (χ1) is 8.99. The summed E-state index contributed by atoms with van der Waals surface area (Å²) in [6.07, 6.45) is 0. The molecule has 2 heterocycles. The van der Waals surface area contributed by atoms with Gasteiger partial charge in [0.1, 0.15) is 18.1 Å². The van der Waals surface area contributed by atoms with E-state index >= 15 is 0 Å². The largest absolute Gasteiger partial charge is 0.480 e. The molecule has 2 N–H and O–H groups in total. The highest BCUT2D eigenvalue weighted by Gasteiger charge is 2.18. The van der Waals surface area contributed by atoms with Gasteiger partial charge in [0.2, 0.25) is 0 Å². The van der Waals surface area contributed by atoms with Crippen molar-refractivity contribution in [3.63, 3.8) is 0 Å². The fourth-order valence-corrected chi connectivity index (χ4v) is 1.67. The highest BCUT2D eigenvalue weighted by molar-refractivity contribution is 5.93. The average Bonchev–Trinajstić information content (AvgIpc) is 2.93. The zero-order chi connectivity index (χ0) is 14.0. The van der Waals surface area contributed by atoms with E-state index in [0.29, 0.717) is 22.8 Å². The van der Waals surface area contributed by atoms with Crippen molar-refractivity contribution < 1.29 is 23.6 Å². The predicted octanol–water partition coefficient (Wildman–Crippen LogP) is 1.37. The maximum Gasteiger partial charge on any atom is 0.322 e. The summed E-state index contributed by atoms with van der Waals surface area (Å²) in [6.45, 7) is 3.04. The van der Waals surface area contributed by atoms with Crippen molar-refractivity contribution in [2.75, 3.05) is 6.54 Å². The molecule has 2 aromatic heterocycles. The number of aryl methyl sites for hydroxylation is 2. The Bertz CT molecular complexity index is 606. The van der Waals surface area contributed by atoms with Gasteiger partial charge in [0.15, 0.2) is 5.76 Å². The summed E-state index contributed by atoms with van der Waals surface area (Å²) in [7, 11) is 0. The van der Waals surface area contributed by atoms with E-state index in [1.807, 2.05) is 0 Å². The number of rotatable bonds is 4. The Morgan fingerprint density at radius 3 is 2.68 bits per heavy atom. The lowest BCUT2D eigenvalue weighted by Gasteiger charge is -1.98. The first kappa shape index (κ1) is 12.9. The number of nitrogens with one attached hydrogen (secondary N) is 1. The zero-order valence-electron chi connectivity index (χ0n) is 10.4. The second-order valence-corrected chi connectivity index (χ2v) is 3.94. The molecular weight excluding hydrogens is 252 g/mol. The first-order valence-corrected chi connectivity index (χ1v) is 5.52. The summed E-state index contributed by atoms with van der Waals surface area (Å²) >= 11 is 0. The fraction of sp³-hybridized carbons (Fsp3) is 0.250. The summed E-state index contributed by atoms with van der Waals surface area (Å²) < 4.78 is 10.4. The molecule has 0 radical (unpaired) electrons. The topological polar surface area (TPSA) is 106 Å². The summed E-state index contributed by atoms with van der Waals surface area (Å²) in [5, 5.41) is 14.5. The quantitative estimate of drug-likeness (QED) is 0.863. The molecular formula is C12H12N2O5. The Balaban J connectivity index is 2.20. The van der Waals surface area contributed by atoms with Crippen molar-refractivity contribution in [1.82, 2.24) is 10.5 Å². The van der Waals surface area contributed by atoms with Gasteiger partial charge in [0.05, 0.1) is 11.3 Å². The van der Waals surface area contributed by atoms with Crippen LogP contribution in [0.3, 0.4) is 0 Å². The van der Waals surface area contributed by atoms with Crippen LogP contribution >= 0.6 is 0 Å². The van der Waals surface area contributed by atoms with Crippen LogP contribution < -0.4 is 5.32 Å². The second-order valence-electron chi connectivity index (χ2n) is 3.94. The summed E-state index contributed by atoms with van der Waals surface area (Å²) in [5.41, 5.74) is 1.35. The number of carboxylic acids is 1. The van der Waals surface area contributed by atoms with Crippen molar-refractivity contribution >= 4 is 11.9 Å². The van der Waals surface area contributed by atoms with E-state index in [1.165, 1.54) is 6.07 Å². The van der Waals surface area contributed by atoms with Gasteiger partial charge in [-0.2, -0.15) is 0 Å². The van der Waals surface area contributed by atoms with Crippen LogP contribution in [0, 0.1) is 13.8 Å². The number of aromatic nitrogens is 1. The number of furan rings is 1. The number of amides is 1. The number of aliphatic carboxylic acids is 1. The summed E-state index contributed by atoms with van der Waals surface area (Å²) in [4.78, 5) is 21.9. The fourth-order valence-electron chi connectivity index (χ4n) is 1.67. The molecule has 0 aliphatic heterocycles. The van der Waals surface area contributed by atoms with Crippen LogP contribution in [0.5, 0.6) is 0 Å².